The summed E-state index contributed by atoms with van der Waals surface area (Å²) in [7, 11) is 0. The Balaban J connectivity index is 2.45. The molecule has 1 heteroatoms. The van der Waals surface area contributed by atoms with Crippen LogP contribution in [0.4, 0.5) is 0 Å². The quantitative estimate of drug-likeness (QED) is 0.417. The molecule has 0 fully saturated rings. The average molecular weight is 100 g/mol. The third kappa shape index (κ3) is 0.777. The van der Waals surface area contributed by atoms with Gasteiger partial charge in [0, 0.05) is 11.5 Å². The summed E-state index contributed by atoms with van der Waals surface area (Å²) in [4.78, 5) is 0. The first-order valence-corrected chi connectivity index (χ1v) is 3.28. The van der Waals surface area contributed by atoms with Crippen LogP contribution in [0.25, 0.3) is 0 Å². The van der Waals surface area contributed by atoms with Gasteiger partial charge in [-0.3, -0.25) is 0 Å². The van der Waals surface area contributed by atoms with E-state index in [1.165, 1.54) is 11.5 Å². The van der Waals surface area contributed by atoms with Crippen molar-refractivity contribution in [1.82, 2.24) is 0 Å². The Morgan fingerprint density at radius 2 is 2.67 bits per heavy atom. The first-order chi connectivity index (χ1) is 2.89. The molecular weight excluding hydrogens is 92.1 g/mol. The SMILES string of the molecule is CC1=CCSC1. The zero-order valence-electron chi connectivity index (χ0n) is 3.90. The van der Waals surface area contributed by atoms with Crippen molar-refractivity contribution < 1.29 is 0 Å². The summed E-state index contributed by atoms with van der Waals surface area (Å²) >= 11 is 1.99. The molecule has 0 N–H and O–H groups in total. The fourth-order valence-corrected chi connectivity index (χ4v) is 1.44. The minimum atomic E-state index is 1.24. The first-order valence-electron chi connectivity index (χ1n) is 2.13. The molecule has 0 aromatic rings. The highest BCUT2D eigenvalue weighted by Gasteiger charge is 1.95. The Hall–Kier alpha value is 0.0900. The Morgan fingerprint density at radius 1 is 1.83 bits per heavy atom. The molecule has 0 nitrogen and oxygen atoms in total. The van der Waals surface area contributed by atoms with Crippen LogP contribution in [0.2, 0.25) is 0 Å². The van der Waals surface area contributed by atoms with Crippen LogP contribution in [-0.2, 0) is 0 Å². The van der Waals surface area contributed by atoms with Crippen molar-refractivity contribution in [3.8, 4) is 0 Å². The highest BCUT2D eigenvalue weighted by atomic mass is 32.2. The van der Waals surface area contributed by atoms with E-state index < -0.39 is 0 Å². The molecule has 0 aromatic carbocycles. The summed E-state index contributed by atoms with van der Waals surface area (Å²) in [5, 5.41) is 0. The number of hydrogen-bond donors (Lipinski definition) is 0. The van der Waals surface area contributed by atoms with E-state index in [1.807, 2.05) is 11.8 Å². The van der Waals surface area contributed by atoms with Crippen molar-refractivity contribution in [2.24, 2.45) is 0 Å². The molecule has 0 saturated carbocycles. The van der Waals surface area contributed by atoms with E-state index >= 15 is 0 Å². The van der Waals surface area contributed by atoms with Crippen LogP contribution in [0.1, 0.15) is 6.92 Å². The molecule has 0 radical (unpaired) electrons. The fraction of sp³-hybridized carbons (Fsp3) is 0.600. The highest BCUT2D eigenvalue weighted by Crippen LogP contribution is 2.14. The third-order valence-electron chi connectivity index (χ3n) is 0.879. The Labute approximate surface area is 42.6 Å². The molecule has 1 aliphatic rings. The van der Waals surface area contributed by atoms with E-state index in [4.69, 9.17) is 0 Å². The van der Waals surface area contributed by atoms with Gasteiger partial charge in [-0.15, -0.1) is 0 Å². The maximum Gasteiger partial charge on any atom is 0.0143 e. The lowest BCUT2D eigenvalue weighted by Gasteiger charge is -1.79. The number of rotatable bonds is 0. The molecule has 0 atom stereocenters. The van der Waals surface area contributed by atoms with E-state index in [9.17, 15) is 0 Å². The van der Waals surface area contributed by atoms with Gasteiger partial charge in [0.2, 0.25) is 0 Å². The van der Waals surface area contributed by atoms with Gasteiger partial charge in [-0.2, -0.15) is 11.8 Å². The lowest BCUT2D eigenvalue weighted by Crippen LogP contribution is -1.66. The highest BCUT2D eigenvalue weighted by molar-refractivity contribution is 7.99. The van der Waals surface area contributed by atoms with E-state index in [0.717, 1.165) is 0 Å². The molecule has 0 aliphatic carbocycles. The van der Waals surface area contributed by atoms with Crippen LogP contribution < -0.4 is 0 Å². The minimum absolute atomic E-state index is 1.24. The van der Waals surface area contributed by atoms with E-state index in [1.54, 1.807) is 5.57 Å². The van der Waals surface area contributed by atoms with E-state index in [2.05, 4.69) is 13.0 Å². The summed E-state index contributed by atoms with van der Waals surface area (Å²) in [6.07, 6.45) is 2.28. The second kappa shape index (κ2) is 1.69. The van der Waals surface area contributed by atoms with Crippen molar-refractivity contribution in [2.45, 2.75) is 6.92 Å². The van der Waals surface area contributed by atoms with Crippen molar-refractivity contribution in [1.29, 1.82) is 0 Å². The number of thioether (sulfide) groups is 1. The smallest absolute Gasteiger partial charge is 0.0143 e. The normalized spacial score (nSPS) is 21.2. The Morgan fingerprint density at radius 3 is 2.83 bits per heavy atom. The van der Waals surface area contributed by atoms with Crippen molar-refractivity contribution >= 4 is 11.8 Å². The van der Waals surface area contributed by atoms with Crippen LogP contribution >= 0.6 is 11.8 Å². The van der Waals surface area contributed by atoms with Gasteiger partial charge in [-0.25, -0.2) is 0 Å². The van der Waals surface area contributed by atoms with Gasteiger partial charge in [0.25, 0.3) is 0 Å². The molecule has 0 bridgehead atoms. The summed E-state index contributed by atoms with van der Waals surface area (Å²) < 4.78 is 0. The summed E-state index contributed by atoms with van der Waals surface area (Å²) in [6, 6.07) is 0. The molecule has 0 aromatic heterocycles. The molecule has 0 amide bonds. The summed E-state index contributed by atoms with van der Waals surface area (Å²) in [5.41, 5.74) is 1.54. The van der Waals surface area contributed by atoms with Gasteiger partial charge in [0.15, 0.2) is 0 Å². The van der Waals surface area contributed by atoms with Crippen LogP contribution in [-0.4, -0.2) is 11.5 Å². The Kier molecular flexibility index (Phi) is 1.20. The second-order valence-electron chi connectivity index (χ2n) is 1.57. The molecular formula is C5H8S. The molecule has 0 unspecified atom stereocenters. The number of hydrogen-bond acceptors (Lipinski definition) is 1. The van der Waals surface area contributed by atoms with Crippen LogP contribution in [0, 0.1) is 0 Å². The minimum Gasteiger partial charge on any atom is -0.153 e. The molecule has 34 valence electrons. The van der Waals surface area contributed by atoms with Gasteiger partial charge in [0.05, 0.1) is 0 Å². The molecule has 0 spiro atoms. The zero-order chi connectivity index (χ0) is 4.41. The first kappa shape index (κ1) is 4.25. The molecule has 1 aliphatic heterocycles. The molecule has 1 heterocycles. The van der Waals surface area contributed by atoms with E-state index in [0.29, 0.717) is 0 Å². The van der Waals surface area contributed by atoms with Gasteiger partial charge >= 0.3 is 0 Å². The second-order valence-corrected chi connectivity index (χ2v) is 2.60. The molecule has 0 saturated heterocycles. The van der Waals surface area contributed by atoms with Crippen molar-refractivity contribution in [2.75, 3.05) is 11.5 Å². The maximum atomic E-state index is 2.28. The summed E-state index contributed by atoms with van der Waals surface area (Å²) in [5.74, 6) is 2.51. The lowest BCUT2D eigenvalue weighted by atomic mass is 10.3. The standard InChI is InChI=1S/C5H8S/c1-5-2-3-6-4-5/h2H,3-4H2,1H3. The van der Waals surface area contributed by atoms with Gasteiger partial charge in [-0.1, -0.05) is 11.6 Å². The van der Waals surface area contributed by atoms with E-state index in [-0.39, 0.29) is 0 Å². The van der Waals surface area contributed by atoms with Crippen LogP contribution in [0.3, 0.4) is 0 Å². The molecule has 6 heavy (non-hydrogen) atoms. The summed E-state index contributed by atoms with van der Waals surface area (Å²) in [6.45, 7) is 2.18. The van der Waals surface area contributed by atoms with Crippen molar-refractivity contribution in [3.05, 3.63) is 11.6 Å². The lowest BCUT2D eigenvalue weighted by molar-refractivity contribution is 1.43. The topological polar surface area (TPSA) is 0 Å². The Bertz CT molecular complexity index is 74.0. The zero-order valence-corrected chi connectivity index (χ0v) is 4.72. The monoisotopic (exact) mass is 100 g/mol. The van der Waals surface area contributed by atoms with Crippen LogP contribution in [0.15, 0.2) is 11.6 Å². The van der Waals surface area contributed by atoms with Crippen molar-refractivity contribution in [3.63, 3.8) is 0 Å². The van der Waals surface area contributed by atoms with Gasteiger partial charge < -0.3 is 0 Å². The van der Waals surface area contributed by atoms with Gasteiger partial charge in [-0.05, 0) is 6.92 Å². The average Bonchev–Trinajstić information content (AvgIpc) is 1.86. The predicted octanol–water partition coefficient (Wildman–Crippen LogP) is 1.68. The predicted molar refractivity (Wildman–Crippen MR) is 31.1 cm³/mol. The maximum absolute atomic E-state index is 2.28. The van der Waals surface area contributed by atoms with Gasteiger partial charge in [0.1, 0.15) is 0 Å². The third-order valence-corrected chi connectivity index (χ3v) is 1.94. The largest absolute Gasteiger partial charge is 0.153 e. The fourth-order valence-electron chi connectivity index (χ4n) is 0.480. The van der Waals surface area contributed by atoms with Crippen LogP contribution in [0.5, 0.6) is 0 Å². The molecule has 1 rings (SSSR count).